The fourth-order valence-electron chi connectivity index (χ4n) is 2.24. The summed E-state index contributed by atoms with van der Waals surface area (Å²) >= 11 is 3.47. The number of benzene rings is 2. The number of halogens is 1. The second-order valence-electron chi connectivity index (χ2n) is 4.72. The van der Waals surface area contributed by atoms with Crippen LogP contribution in [0.25, 0.3) is 22.0 Å². The number of carboxylic acids is 1. The molecule has 0 unspecified atom stereocenters. The van der Waals surface area contributed by atoms with Gasteiger partial charge < -0.3 is 9.84 Å². The van der Waals surface area contributed by atoms with Crippen molar-refractivity contribution in [3.63, 3.8) is 0 Å². The molecule has 0 aliphatic heterocycles. The summed E-state index contributed by atoms with van der Waals surface area (Å²) < 4.78 is 6.20. The smallest absolute Gasteiger partial charge is 0.341 e. The largest absolute Gasteiger partial charge is 0.479 e. The van der Waals surface area contributed by atoms with Gasteiger partial charge in [0.1, 0.15) is 0 Å². The Bertz CT molecular complexity index is 834. The van der Waals surface area contributed by atoms with Crippen LogP contribution in [0.5, 0.6) is 5.88 Å². The topological polar surface area (TPSA) is 59.4 Å². The van der Waals surface area contributed by atoms with E-state index in [9.17, 15) is 4.79 Å². The minimum absolute atomic E-state index is 0.302. The van der Waals surface area contributed by atoms with Gasteiger partial charge in [-0.25, -0.2) is 9.78 Å². The summed E-state index contributed by atoms with van der Waals surface area (Å²) in [4.78, 5) is 15.0. The van der Waals surface area contributed by atoms with Crippen molar-refractivity contribution in [3.8, 4) is 17.0 Å². The summed E-state index contributed by atoms with van der Waals surface area (Å²) in [6.07, 6.45) is 0. The van der Waals surface area contributed by atoms with Crippen LogP contribution in [0.1, 0.15) is 0 Å². The number of hydrogen-bond acceptors (Lipinski definition) is 3. The van der Waals surface area contributed by atoms with Crippen LogP contribution < -0.4 is 4.74 Å². The maximum atomic E-state index is 10.7. The average Bonchev–Trinajstić information content (AvgIpc) is 2.53. The molecule has 22 heavy (non-hydrogen) atoms. The molecule has 0 amide bonds. The highest BCUT2D eigenvalue weighted by Gasteiger charge is 2.10. The molecule has 0 spiro atoms. The molecular formula is C17H12BrNO3. The Kier molecular flexibility index (Phi) is 4.06. The molecule has 0 bridgehead atoms. The van der Waals surface area contributed by atoms with E-state index in [0.29, 0.717) is 5.88 Å². The molecule has 3 aromatic rings. The van der Waals surface area contributed by atoms with E-state index in [1.54, 1.807) is 6.07 Å². The van der Waals surface area contributed by atoms with Crippen molar-refractivity contribution in [1.29, 1.82) is 0 Å². The highest BCUT2D eigenvalue weighted by atomic mass is 79.9. The number of pyridine rings is 1. The second-order valence-corrected chi connectivity index (χ2v) is 5.63. The zero-order valence-corrected chi connectivity index (χ0v) is 13.1. The summed E-state index contributed by atoms with van der Waals surface area (Å²) in [5.41, 5.74) is 2.73. The standard InChI is InChI=1S/C17H12BrNO3/c18-12-6-7-15-14(8-12)13(11-4-2-1-3-5-11)9-16(19-15)22-10-17(20)21/h1-9H,10H2,(H,20,21). The molecule has 0 fully saturated rings. The minimum Gasteiger partial charge on any atom is -0.479 e. The summed E-state index contributed by atoms with van der Waals surface area (Å²) in [5.74, 6) is -0.727. The van der Waals surface area contributed by atoms with Crippen LogP contribution in [0.15, 0.2) is 59.1 Å². The average molecular weight is 358 g/mol. The number of carboxylic acid groups (broad SMARTS) is 1. The number of ether oxygens (including phenoxy) is 1. The summed E-state index contributed by atoms with van der Waals surface area (Å²) in [5, 5.41) is 9.73. The zero-order chi connectivity index (χ0) is 15.5. The third-order valence-corrected chi connectivity index (χ3v) is 3.67. The predicted molar refractivity (Wildman–Crippen MR) is 88.0 cm³/mol. The lowest BCUT2D eigenvalue weighted by Gasteiger charge is -2.10. The Hall–Kier alpha value is -2.40. The Morgan fingerprint density at radius 3 is 2.64 bits per heavy atom. The lowest BCUT2D eigenvalue weighted by Crippen LogP contribution is -2.10. The summed E-state index contributed by atoms with van der Waals surface area (Å²) in [6.45, 7) is -0.413. The minimum atomic E-state index is -1.03. The van der Waals surface area contributed by atoms with Crippen LogP contribution in [0, 0.1) is 0 Å². The van der Waals surface area contributed by atoms with Crippen molar-refractivity contribution in [3.05, 3.63) is 59.1 Å². The summed E-state index contributed by atoms with van der Waals surface area (Å²) in [6, 6.07) is 17.4. The highest BCUT2D eigenvalue weighted by Crippen LogP contribution is 2.32. The molecule has 0 aliphatic rings. The van der Waals surface area contributed by atoms with E-state index in [4.69, 9.17) is 9.84 Å². The van der Waals surface area contributed by atoms with Crippen molar-refractivity contribution in [2.45, 2.75) is 0 Å². The highest BCUT2D eigenvalue weighted by molar-refractivity contribution is 9.10. The lowest BCUT2D eigenvalue weighted by atomic mass is 10.0. The van der Waals surface area contributed by atoms with Gasteiger partial charge in [0, 0.05) is 15.9 Å². The van der Waals surface area contributed by atoms with Crippen molar-refractivity contribution in [2.24, 2.45) is 0 Å². The maximum Gasteiger partial charge on any atom is 0.341 e. The number of nitrogens with zero attached hydrogens (tertiary/aromatic N) is 1. The number of hydrogen-bond donors (Lipinski definition) is 1. The molecule has 5 heteroatoms. The van der Waals surface area contributed by atoms with E-state index in [2.05, 4.69) is 20.9 Å². The fraction of sp³-hybridized carbons (Fsp3) is 0.0588. The zero-order valence-electron chi connectivity index (χ0n) is 11.5. The van der Waals surface area contributed by atoms with Crippen LogP contribution in [-0.4, -0.2) is 22.7 Å². The number of rotatable bonds is 4. The first kappa shape index (κ1) is 14.5. The van der Waals surface area contributed by atoms with Crippen LogP contribution in [0.2, 0.25) is 0 Å². The van der Waals surface area contributed by atoms with Gasteiger partial charge in [-0.15, -0.1) is 0 Å². The van der Waals surface area contributed by atoms with Crippen LogP contribution in [0.4, 0.5) is 0 Å². The van der Waals surface area contributed by atoms with Gasteiger partial charge in [-0.1, -0.05) is 46.3 Å². The van der Waals surface area contributed by atoms with E-state index < -0.39 is 12.6 Å². The Balaban J connectivity index is 2.17. The third kappa shape index (κ3) is 3.09. The predicted octanol–water partition coefficient (Wildman–Crippen LogP) is 4.13. The van der Waals surface area contributed by atoms with E-state index >= 15 is 0 Å². The Labute approximate surface area is 135 Å². The van der Waals surface area contributed by atoms with Gasteiger partial charge >= 0.3 is 5.97 Å². The van der Waals surface area contributed by atoms with Crippen LogP contribution >= 0.6 is 15.9 Å². The molecule has 0 saturated carbocycles. The molecule has 0 saturated heterocycles. The molecule has 0 radical (unpaired) electrons. The van der Waals surface area contributed by atoms with Gasteiger partial charge in [0.05, 0.1) is 5.52 Å². The van der Waals surface area contributed by atoms with Gasteiger partial charge in [0.25, 0.3) is 0 Å². The van der Waals surface area contributed by atoms with E-state index in [1.165, 1.54) is 0 Å². The van der Waals surface area contributed by atoms with Gasteiger partial charge in [-0.3, -0.25) is 0 Å². The first-order chi connectivity index (χ1) is 10.6. The number of carbonyl (C=O) groups is 1. The number of fused-ring (bicyclic) bond motifs is 1. The molecular weight excluding hydrogens is 346 g/mol. The van der Waals surface area contributed by atoms with Crippen LogP contribution in [0.3, 0.4) is 0 Å². The summed E-state index contributed by atoms with van der Waals surface area (Å²) in [7, 11) is 0. The van der Waals surface area contributed by atoms with E-state index in [-0.39, 0.29) is 0 Å². The second kappa shape index (κ2) is 6.15. The fourth-order valence-corrected chi connectivity index (χ4v) is 2.60. The van der Waals surface area contributed by atoms with Gasteiger partial charge in [-0.05, 0) is 29.3 Å². The van der Waals surface area contributed by atoms with E-state index in [0.717, 1.165) is 26.5 Å². The van der Waals surface area contributed by atoms with Crippen molar-refractivity contribution < 1.29 is 14.6 Å². The molecule has 110 valence electrons. The first-order valence-corrected chi connectivity index (χ1v) is 7.43. The molecule has 0 atom stereocenters. The Morgan fingerprint density at radius 2 is 1.91 bits per heavy atom. The molecule has 1 heterocycles. The molecule has 0 aliphatic carbocycles. The number of aliphatic carboxylic acids is 1. The van der Waals surface area contributed by atoms with Crippen molar-refractivity contribution in [1.82, 2.24) is 4.98 Å². The van der Waals surface area contributed by atoms with Gasteiger partial charge in [0.15, 0.2) is 6.61 Å². The van der Waals surface area contributed by atoms with Crippen LogP contribution in [-0.2, 0) is 4.79 Å². The molecule has 4 nitrogen and oxygen atoms in total. The molecule has 1 N–H and O–H groups in total. The van der Waals surface area contributed by atoms with E-state index in [1.807, 2.05) is 48.5 Å². The molecule has 3 rings (SSSR count). The lowest BCUT2D eigenvalue weighted by molar-refractivity contribution is -0.139. The Morgan fingerprint density at radius 1 is 1.14 bits per heavy atom. The SMILES string of the molecule is O=C(O)COc1cc(-c2ccccc2)c2cc(Br)ccc2n1. The van der Waals surface area contributed by atoms with Gasteiger partial charge in [-0.2, -0.15) is 0 Å². The van der Waals surface area contributed by atoms with Crippen molar-refractivity contribution in [2.75, 3.05) is 6.61 Å². The van der Waals surface area contributed by atoms with Crippen molar-refractivity contribution >= 4 is 32.8 Å². The van der Waals surface area contributed by atoms with Gasteiger partial charge in [0.2, 0.25) is 5.88 Å². The molecule has 2 aromatic carbocycles. The third-order valence-electron chi connectivity index (χ3n) is 3.18. The normalized spacial score (nSPS) is 10.6. The quantitative estimate of drug-likeness (QED) is 0.762. The monoisotopic (exact) mass is 357 g/mol. The first-order valence-electron chi connectivity index (χ1n) is 6.64. The number of aromatic nitrogens is 1. The maximum absolute atomic E-state index is 10.7. The molecule has 1 aromatic heterocycles.